The lowest BCUT2D eigenvalue weighted by atomic mass is 10.1. The topological polar surface area (TPSA) is 57.7 Å². The summed E-state index contributed by atoms with van der Waals surface area (Å²) in [6, 6.07) is 13.1. The van der Waals surface area contributed by atoms with Gasteiger partial charge in [0.05, 0.1) is 4.90 Å². The van der Waals surface area contributed by atoms with Gasteiger partial charge in [-0.1, -0.05) is 37.3 Å². The third-order valence-corrected chi connectivity index (χ3v) is 7.23. The van der Waals surface area contributed by atoms with Gasteiger partial charge in [0, 0.05) is 32.2 Å². The molecule has 3 rings (SSSR count). The Morgan fingerprint density at radius 2 is 1.64 bits per heavy atom. The van der Waals surface area contributed by atoms with Crippen molar-refractivity contribution in [2.75, 3.05) is 20.1 Å². The number of carbonyl (C=O) groups is 1. The van der Waals surface area contributed by atoms with Crippen molar-refractivity contribution in [3.05, 3.63) is 64.7 Å². The van der Waals surface area contributed by atoms with E-state index >= 15 is 0 Å². The van der Waals surface area contributed by atoms with Gasteiger partial charge in [-0.2, -0.15) is 4.31 Å². The van der Waals surface area contributed by atoms with E-state index in [2.05, 4.69) is 19.1 Å². The summed E-state index contributed by atoms with van der Waals surface area (Å²) in [6.45, 7) is 5.52. The van der Waals surface area contributed by atoms with Gasteiger partial charge in [-0.15, -0.1) is 0 Å². The highest BCUT2D eigenvalue weighted by atomic mass is 32.2. The lowest BCUT2D eigenvalue weighted by Gasteiger charge is -2.20. The van der Waals surface area contributed by atoms with E-state index in [9.17, 15) is 13.2 Å². The van der Waals surface area contributed by atoms with Crippen molar-refractivity contribution >= 4 is 15.9 Å². The average Bonchev–Trinajstić information content (AvgIpc) is 3.24. The lowest BCUT2D eigenvalue weighted by molar-refractivity contribution is 0.0784. The molecular formula is C22H28N2O3S. The highest BCUT2D eigenvalue weighted by Gasteiger charge is 2.28. The molecule has 0 bridgehead atoms. The van der Waals surface area contributed by atoms with E-state index in [0.29, 0.717) is 25.2 Å². The van der Waals surface area contributed by atoms with Gasteiger partial charge in [0.1, 0.15) is 0 Å². The first-order valence-electron chi connectivity index (χ1n) is 9.77. The van der Waals surface area contributed by atoms with Crippen LogP contribution < -0.4 is 0 Å². The molecule has 2 aromatic carbocycles. The number of hydrogen-bond acceptors (Lipinski definition) is 3. The number of carbonyl (C=O) groups excluding carboxylic acids is 1. The zero-order valence-electron chi connectivity index (χ0n) is 16.8. The van der Waals surface area contributed by atoms with Crippen LogP contribution in [0.25, 0.3) is 0 Å². The van der Waals surface area contributed by atoms with E-state index in [-0.39, 0.29) is 10.8 Å². The van der Waals surface area contributed by atoms with Crippen molar-refractivity contribution in [1.29, 1.82) is 0 Å². The molecule has 5 nitrogen and oxygen atoms in total. The van der Waals surface area contributed by atoms with Crippen molar-refractivity contribution in [2.24, 2.45) is 0 Å². The van der Waals surface area contributed by atoms with Crippen LogP contribution in [0.15, 0.2) is 47.4 Å². The van der Waals surface area contributed by atoms with Crippen molar-refractivity contribution in [3.63, 3.8) is 0 Å². The van der Waals surface area contributed by atoms with Crippen LogP contribution in [-0.4, -0.2) is 43.7 Å². The van der Waals surface area contributed by atoms with Crippen molar-refractivity contribution in [2.45, 2.75) is 44.6 Å². The number of benzene rings is 2. The van der Waals surface area contributed by atoms with Crippen molar-refractivity contribution < 1.29 is 13.2 Å². The molecule has 0 N–H and O–H groups in total. The van der Waals surface area contributed by atoms with Gasteiger partial charge >= 0.3 is 0 Å². The van der Waals surface area contributed by atoms with Crippen molar-refractivity contribution in [1.82, 2.24) is 9.21 Å². The van der Waals surface area contributed by atoms with Gasteiger partial charge in [-0.05, 0) is 55.0 Å². The number of nitrogens with zero attached hydrogens (tertiary/aromatic N) is 2. The maximum atomic E-state index is 13.0. The Morgan fingerprint density at radius 1 is 1.04 bits per heavy atom. The molecule has 0 saturated carbocycles. The second-order valence-corrected chi connectivity index (χ2v) is 9.36. The van der Waals surface area contributed by atoms with Gasteiger partial charge in [0.2, 0.25) is 10.0 Å². The summed E-state index contributed by atoms with van der Waals surface area (Å²) in [5.74, 6) is -0.171. The predicted octanol–water partition coefficient (Wildman–Crippen LogP) is 3.61. The highest BCUT2D eigenvalue weighted by molar-refractivity contribution is 7.89. The molecular weight excluding hydrogens is 372 g/mol. The van der Waals surface area contributed by atoms with Crippen molar-refractivity contribution in [3.8, 4) is 0 Å². The van der Waals surface area contributed by atoms with E-state index in [4.69, 9.17) is 0 Å². The first-order valence-corrected chi connectivity index (χ1v) is 11.2. The molecule has 0 aliphatic carbocycles. The maximum absolute atomic E-state index is 13.0. The van der Waals surface area contributed by atoms with Crippen LogP contribution in [0.2, 0.25) is 0 Å². The minimum atomic E-state index is -3.54. The number of hydrogen-bond donors (Lipinski definition) is 0. The number of aryl methyl sites for hydroxylation is 2. The Balaban J connectivity index is 1.82. The molecule has 0 aromatic heterocycles. The van der Waals surface area contributed by atoms with E-state index in [1.54, 1.807) is 24.1 Å². The van der Waals surface area contributed by atoms with Crippen LogP contribution in [0, 0.1) is 6.92 Å². The molecule has 150 valence electrons. The van der Waals surface area contributed by atoms with Crippen LogP contribution in [0.4, 0.5) is 0 Å². The molecule has 1 heterocycles. The summed E-state index contributed by atoms with van der Waals surface area (Å²) in [7, 11) is -1.79. The zero-order valence-corrected chi connectivity index (χ0v) is 17.6. The minimum absolute atomic E-state index is 0.171. The third kappa shape index (κ3) is 4.28. The molecule has 6 heteroatoms. The van der Waals surface area contributed by atoms with Crippen LogP contribution >= 0.6 is 0 Å². The summed E-state index contributed by atoms with van der Waals surface area (Å²) < 4.78 is 27.2. The Morgan fingerprint density at radius 3 is 2.25 bits per heavy atom. The standard InChI is InChI=1S/C22H28N2O3S/c1-4-18-8-10-19(11-9-18)16-23(3)22(25)21-15-20(12-7-17(21)2)28(26,27)24-13-5-6-14-24/h7-12,15H,4-6,13-14,16H2,1-3H3. The first kappa shape index (κ1) is 20.6. The van der Waals surface area contributed by atoms with E-state index in [0.717, 1.165) is 30.4 Å². The summed E-state index contributed by atoms with van der Waals surface area (Å²) >= 11 is 0. The van der Waals surface area contributed by atoms with E-state index in [1.165, 1.54) is 15.9 Å². The second-order valence-electron chi connectivity index (χ2n) is 7.42. The van der Waals surface area contributed by atoms with Gasteiger partial charge < -0.3 is 4.90 Å². The predicted molar refractivity (Wildman–Crippen MR) is 111 cm³/mol. The fourth-order valence-corrected chi connectivity index (χ4v) is 5.05. The third-order valence-electron chi connectivity index (χ3n) is 5.34. The summed E-state index contributed by atoms with van der Waals surface area (Å²) in [5, 5.41) is 0. The molecule has 0 unspecified atom stereocenters. The summed E-state index contributed by atoms with van der Waals surface area (Å²) in [4.78, 5) is 14.8. The quantitative estimate of drug-likeness (QED) is 0.744. The smallest absolute Gasteiger partial charge is 0.254 e. The Hall–Kier alpha value is -2.18. The molecule has 0 radical (unpaired) electrons. The highest BCUT2D eigenvalue weighted by Crippen LogP contribution is 2.24. The fourth-order valence-electron chi connectivity index (χ4n) is 3.50. The number of amides is 1. The molecule has 1 aliphatic heterocycles. The van der Waals surface area contributed by atoms with Crippen LogP contribution in [0.1, 0.15) is 46.8 Å². The van der Waals surface area contributed by atoms with Crippen LogP contribution in [0.5, 0.6) is 0 Å². The number of rotatable bonds is 6. The number of sulfonamides is 1. The molecule has 2 aromatic rings. The largest absolute Gasteiger partial charge is 0.337 e. The maximum Gasteiger partial charge on any atom is 0.254 e. The molecule has 1 aliphatic rings. The normalized spacial score (nSPS) is 15.0. The lowest BCUT2D eigenvalue weighted by Crippen LogP contribution is -2.29. The van der Waals surface area contributed by atoms with E-state index < -0.39 is 10.0 Å². The fraction of sp³-hybridized carbons (Fsp3) is 0.409. The zero-order chi connectivity index (χ0) is 20.3. The Bertz CT molecular complexity index is 946. The van der Waals surface area contributed by atoms with E-state index in [1.807, 2.05) is 19.1 Å². The van der Waals surface area contributed by atoms with Crippen LogP contribution in [0.3, 0.4) is 0 Å². The van der Waals surface area contributed by atoms with Crippen LogP contribution in [-0.2, 0) is 23.0 Å². The molecule has 1 fully saturated rings. The summed E-state index contributed by atoms with van der Waals surface area (Å²) in [5.41, 5.74) is 3.52. The minimum Gasteiger partial charge on any atom is -0.337 e. The van der Waals surface area contributed by atoms with Gasteiger partial charge in [-0.25, -0.2) is 8.42 Å². The average molecular weight is 401 g/mol. The molecule has 28 heavy (non-hydrogen) atoms. The molecule has 0 spiro atoms. The first-order chi connectivity index (χ1) is 13.3. The Kier molecular flexibility index (Phi) is 6.20. The van der Waals surface area contributed by atoms with Gasteiger partial charge in [0.25, 0.3) is 5.91 Å². The van der Waals surface area contributed by atoms with Gasteiger partial charge in [0.15, 0.2) is 0 Å². The monoisotopic (exact) mass is 400 g/mol. The molecule has 0 atom stereocenters. The molecule has 1 saturated heterocycles. The second kappa shape index (κ2) is 8.45. The molecule has 1 amide bonds. The summed E-state index contributed by atoms with van der Waals surface area (Å²) in [6.07, 6.45) is 2.75. The Labute approximate surface area is 168 Å². The van der Waals surface area contributed by atoms with Gasteiger partial charge in [-0.3, -0.25) is 4.79 Å². The SMILES string of the molecule is CCc1ccc(CN(C)C(=O)c2cc(S(=O)(=O)N3CCCC3)ccc2C)cc1.